The Kier molecular flexibility index (Phi) is 7.17. The van der Waals surface area contributed by atoms with Crippen molar-refractivity contribution in [2.45, 2.75) is 32.3 Å². The minimum atomic E-state index is 0.00301. The largest absolute Gasteiger partial charge is 0.485 e. The molecule has 0 amide bonds. The Bertz CT molecular complexity index is 726. The minimum Gasteiger partial charge on any atom is -0.485 e. The topological polar surface area (TPSA) is 15.7 Å². The predicted molar refractivity (Wildman–Crippen MR) is 114 cm³/mol. The van der Waals surface area contributed by atoms with Crippen LogP contribution in [0.3, 0.4) is 0 Å². The first-order valence-corrected chi connectivity index (χ1v) is 10.3. The molecule has 1 aliphatic heterocycles. The van der Waals surface area contributed by atoms with E-state index in [1.54, 1.807) is 0 Å². The normalized spacial score (nSPS) is 17.2. The van der Waals surface area contributed by atoms with Gasteiger partial charge in [-0.1, -0.05) is 55.8 Å². The highest BCUT2D eigenvalue weighted by Gasteiger charge is 2.20. The van der Waals surface area contributed by atoms with Crippen LogP contribution in [-0.2, 0) is 0 Å². The molecule has 0 saturated carbocycles. The van der Waals surface area contributed by atoms with Gasteiger partial charge in [0, 0.05) is 44.2 Å². The van der Waals surface area contributed by atoms with Gasteiger partial charge in [0.2, 0.25) is 0 Å². The summed E-state index contributed by atoms with van der Waals surface area (Å²) < 4.78 is 6.56. The second kappa shape index (κ2) is 9.59. The highest BCUT2D eigenvalue weighted by atomic mass is 35.5. The fourth-order valence-corrected chi connectivity index (χ4v) is 3.79. The maximum atomic E-state index is 6.56. The maximum Gasteiger partial charge on any atom is 0.125 e. The fourth-order valence-electron chi connectivity index (χ4n) is 3.59. The van der Waals surface area contributed by atoms with Crippen LogP contribution >= 0.6 is 11.6 Å². The Morgan fingerprint density at radius 3 is 2.44 bits per heavy atom. The lowest BCUT2D eigenvalue weighted by Gasteiger charge is -2.33. The summed E-state index contributed by atoms with van der Waals surface area (Å²) in [4.78, 5) is 4.93. The minimum absolute atomic E-state index is 0.00301. The van der Waals surface area contributed by atoms with Gasteiger partial charge in [0.05, 0.1) is 0 Å². The quantitative estimate of drug-likeness (QED) is 0.648. The van der Waals surface area contributed by atoms with E-state index in [0.717, 1.165) is 55.5 Å². The molecule has 0 spiro atoms. The third-order valence-electron chi connectivity index (χ3n) is 5.33. The van der Waals surface area contributed by atoms with Crippen LogP contribution in [0.1, 0.15) is 43.4 Å². The van der Waals surface area contributed by atoms with Crippen molar-refractivity contribution in [2.75, 3.05) is 39.8 Å². The molecule has 146 valence electrons. The molecular weight excluding hydrogens is 356 g/mol. The fraction of sp³-hybridized carbons (Fsp3) is 0.478. The van der Waals surface area contributed by atoms with Crippen LogP contribution in [0.15, 0.2) is 48.5 Å². The van der Waals surface area contributed by atoms with Crippen molar-refractivity contribution in [3.05, 3.63) is 64.7 Å². The van der Waals surface area contributed by atoms with E-state index >= 15 is 0 Å². The van der Waals surface area contributed by atoms with Crippen molar-refractivity contribution in [2.24, 2.45) is 0 Å². The smallest absolute Gasteiger partial charge is 0.125 e. The van der Waals surface area contributed by atoms with Gasteiger partial charge in [-0.15, -0.1) is 0 Å². The Labute approximate surface area is 168 Å². The first-order chi connectivity index (χ1) is 13.0. The number of nitrogens with zero attached hydrogens (tertiary/aromatic N) is 2. The molecule has 0 bridgehead atoms. The monoisotopic (exact) mass is 386 g/mol. The number of hydrogen-bond donors (Lipinski definition) is 0. The number of para-hydroxylation sites is 1. The summed E-state index contributed by atoms with van der Waals surface area (Å²) in [5.74, 6) is 1.41. The molecule has 3 nitrogen and oxygen atoms in total. The summed E-state index contributed by atoms with van der Waals surface area (Å²) in [7, 11) is 2.19. The van der Waals surface area contributed by atoms with Crippen LogP contribution in [0.25, 0.3) is 0 Å². The molecule has 0 aromatic heterocycles. The number of likely N-dealkylation sites (N-methyl/N-ethyl adjacent to an activating group) is 1. The molecule has 0 aliphatic carbocycles. The summed E-state index contributed by atoms with van der Waals surface area (Å²) in [6.07, 6.45) is 0.958. The number of ether oxygens (including phenoxy) is 1. The van der Waals surface area contributed by atoms with E-state index in [4.69, 9.17) is 16.3 Å². The highest BCUT2D eigenvalue weighted by molar-refractivity contribution is 6.30. The first-order valence-electron chi connectivity index (χ1n) is 9.95. The zero-order valence-corrected chi connectivity index (χ0v) is 17.5. The third-order valence-corrected chi connectivity index (χ3v) is 5.57. The second-order valence-electron chi connectivity index (χ2n) is 7.79. The summed E-state index contributed by atoms with van der Waals surface area (Å²) >= 11 is 6.27. The molecule has 1 saturated heterocycles. The molecule has 1 unspecified atom stereocenters. The lowest BCUT2D eigenvalue weighted by molar-refractivity contribution is 0.123. The van der Waals surface area contributed by atoms with E-state index in [1.165, 1.54) is 5.56 Å². The number of rotatable bonds is 7. The van der Waals surface area contributed by atoms with Gasteiger partial charge in [-0.25, -0.2) is 0 Å². The van der Waals surface area contributed by atoms with Gasteiger partial charge in [-0.05, 0) is 42.3 Å². The van der Waals surface area contributed by atoms with E-state index in [2.05, 4.69) is 61.0 Å². The molecule has 1 heterocycles. The maximum absolute atomic E-state index is 6.56. The summed E-state index contributed by atoms with van der Waals surface area (Å²) in [6.45, 7) is 9.98. The van der Waals surface area contributed by atoms with E-state index in [1.807, 2.05) is 18.2 Å². The number of benzene rings is 2. The van der Waals surface area contributed by atoms with Gasteiger partial charge in [0.25, 0.3) is 0 Å². The molecule has 1 fully saturated rings. The van der Waals surface area contributed by atoms with Gasteiger partial charge < -0.3 is 14.5 Å². The van der Waals surface area contributed by atoms with Gasteiger partial charge in [0.15, 0.2) is 0 Å². The van der Waals surface area contributed by atoms with Gasteiger partial charge in [0.1, 0.15) is 11.9 Å². The Hall–Kier alpha value is -1.55. The number of halogens is 1. The van der Waals surface area contributed by atoms with Gasteiger partial charge in [-0.2, -0.15) is 0 Å². The molecule has 1 aliphatic rings. The molecule has 0 radical (unpaired) electrons. The zero-order valence-electron chi connectivity index (χ0n) is 16.7. The highest BCUT2D eigenvalue weighted by Crippen LogP contribution is 2.32. The summed E-state index contributed by atoms with van der Waals surface area (Å²) in [6, 6.07) is 16.5. The Balaban J connectivity index is 1.76. The standard InChI is InChI=1S/C23H31ClN2O/c1-18(2)21-9-4-5-10-23(21)27-22(19-7-6-8-20(24)17-19)11-12-26-15-13-25(3)14-16-26/h4-10,17-18,22H,11-16H2,1-3H3. The van der Waals surface area contributed by atoms with Gasteiger partial charge in [-0.3, -0.25) is 0 Å². The first kappa shape index (κ1) is 20.2. The number of hydrogen-bond acceptors (Lipinski definition) is 3. The zero-order chi connectivity index (χ0) is 19.2. The molecule has 2 aromatic carbocycles. The van der Waals surface area contributed by atoms with Crippen molar-refractivity contribution < 1.29 is 4.74 Å². The van der Waals surface area contributed by atoms with Crippen molar-refractivity contribution in [3.8, 4) is 5.75 Å². The van der Waals surface area contributed by atoms with Crippen molar-refractivity contribution in [1.29, 1.82) is 0 Å². The average molecular weight is 387 g/mol. The van der Waals surface area contributed by atoms with Crippen LogP contribution in [0.2, 0.25) is 5.02 Å². The van der Waals surface area contributed by atoms with E-state index in [0.29, 0.717) is 5.92 Å². The Morgan fingerprint density at radius 1 is 1.00 bits per heavy atom. The van der Waals surface area contributed by atoms with E-state index < -0.39 is 0 Å². The van der Waals surface area contributed by atoms with Crippen molar-refractivity contribution in [1.82, 2.24) is 9.80 Å². The molecule has 27 heavy (non-hydrogen) atoms. The summed E-state index contributed by atoms with van der Waals surface area (Å²) in [5.41, 5.74) is 2.40. The average Bonchev–Trinajstić information content (AvgIpc) is 2.66. The molecule has 3 rings (SSSR count). The Morgan fingerprint density at radius 2 is 1.74 bits per heavy atom. The lowest BCUT2D eigenvalue weighted by Crippen LogP contribution is -2.45. The molecule has 2 aromatic rings. The molecular formula is C23H31ClN2O. The third kappa shape index (κ3) is 5.71. The van der Waals surface area contributed by atoms with Crippen LogP contribution in [0.4, 0.5) is 0 Å². The second-order valence-corrected chi connectivity index (χ2v) is 8.22. The van der Waals surface area contributed by atoms with Crippen molar-refractivity contribution >= 4 is 11.6 Å². The molecule has 1 atom stereocenters. The SMILES string of the molecule is CC(C)c1ccccc1OC(CCN1CCN(C)CC1)c1cccc(Cl)c1. The van der Waals surface area contributed by atoms with Crippen LogP contribution in [0, 0.1) is 0 Å². The van der Waals surface area contributed by atoms with Crippen molar-refractivity contribution in [3.63, 3.8) is 0 Å². The van der Waals surface area contributed by atoms with E-state index in [-0.39, 0.29) is 6.10 Å². The van der Waals surface area contributed by atoms with Crippen LogP contribution < -0.4 is 4.74 Å². The van der Waals surface area contributed by atoms with Gasteiger partial charge >= 0.3 is 0 Å². The van der Waals surface area contributed by atoms with Crippen LogP contribution in [-0.4, -0.2) is 49.6 Å². The van der Waals surface area contributed by atoms with Crippen LogP contribution in [0.5, 0.6) is 5.75 Å². The van der Waals surface area contributed by atoms with E-state index in [9.17, 15) is 0 Å². The predicted octanol–water partition coefficient (Wildman–Crippen LogP) is 5.22. The molecule has 0 N–H and O–H groups in total. The lowest BCUT2D eigenvalue weighted by atomic mass is 10.0. The molecule has 4 heteroatoms. The number of piperazine rings is 1. The summed E-state index contributed by atoms with van der Waals surface area (Å²) in [5, 5.41) is 0.762.